The van der Waals surface area contributed by atoms with Crippen molar-refractivity contribution in [2.75, 3.05) is 35.2 Å². The van der Waals surface area contributed by atoms with Crippen molar-refractivity contribution in [1.82, 2.24) is 29.8 Å². The van der Waals surface area contributed by atoms with Gasteiger partial charge < -0.3 is 15.5 Å². The smallest absolute Gasteiger partial charge is 0.222 e. The zero-order chi connectivity index (χ0) is 16.7. The van der Waals surface area contributed by atoms with E-state index in [1.165, 1.54) is 0 Å². The van der Waals surface area contributed by atoms with Crippen LogP contribution in [0.3, 0.4) is 0 Å². The Morgan fingerprint density at radius 1 is 1.17 bits per heavy atom. The number of fused-ring (bicyclic) bond motifs is 1. The molecule has 9 heteroatoms. The highest BCUT2D eigenvalue weighted by atomic mass is 15.4. The zero-order valence-corrected chi connectivity index (χ0v) is 13.7. The predicted octanol–water partition coefficient (Wildman–Crippen LogP) is 0.520. The third kappa shape index (κ3) is 2.57. The van der Waals surface area contributed by atoms with Crippen LogP contribution in [0.2, 0.25) is 0 Å². The van der Waals surface area contributed by atoms with Gasteiger partial charge in [0.15, 0.2) is 5.65 Å². The van der Waals surface area contributed by atoms with E-state index in [1.807, 2.05) is 25.1 Å². The second kappa shape index (κ2) is 5.59. The topological polar surface area (TPSA) is 101 Å². The van der Waals surface area contributed by atoms with Gasteiger partial charge in [0.05, 0.1) is 0 Å². The molecule has 0 aliphatic carbocycles. The fraction of sp³-hybridized carbons (Fsp3) is 0.400. The van der Waals surface area contributed by atoms with Crippen LogP contribution in [0.4, 0.5) is 17.6 Å². The molecule has 0 unspecified atom stereocenters. The molecule has 2 N–H and O–H groups in total. The van der Waals surface area contributed by atoms with Gasteiger partial charge in [-0.1, -0.05) is 0 Å². The van der Waals surface area contributed by atoms with Gasteiger partial charge in [-0.05, 0) is 26.0 Å². The quantitative estimate of drug-likeness (QED) is 0.727. The first kappa shape index (κ1) is 14.6. The summed E-state index contributed by atoms with van der Waals surface area (Å²) in [6.45, 7) is 6.66. The lowest BCUT2D eigenvalue weighted by molar-refractivity contribution is 0.539. The highest BCUT2D eigenvalue weighted by Gasteiger charge is 2.26. The lowest BCUT2D eigenvalue weighted by Crippen LogP contribution is -2.52. The van der Waals surface area contributed by atoms with Crippen molar-refractivity contribution in [3.8, 4) is 0 Å². The Balaban J connectivity index is 1.55. The maximum Gasteiger partial charge on any atom is 0.222 e. The number of nitrogens with two attached hydrogens (primary N) is 1. The second-order valence-electron chi connectivity index (χ2n) is 6.04. The van der Waals surface area contributed by atoms with E-state index in [2.05, 4.69) is 42.0 Å². The average Bonchev–Trinajstić information content (AvgIpc) is 3.01. The number of hydrogen-bond acceptors (Lipinski definition) is 8. The Morgan fingerprint density at radius 2 is 2.04 bits per heavy atom. The van der Waals surface area contributed by atoms with E-state index >= 15 is 0 Å². The molecule has 4 rings (SSSR count). The van der Waals surface area contributed by atoms with Crippen LogP contribution < -0.4 is 15.5 Å². The molecule has 0 amide bonds. The van der Waals surface area contributed by atoms with Crippen LogP contribution in [-0.2, 0) is 0 Å². The highest BCUT2D eigenvalue weighted by Crippen LogP contribution is 2.22. The second-order valence-corrected chi connectivity index (χ2v) is 6.04. The first-order chi connectivity index (χ1) is 11.6. The molecule has 124 valence electrons. The summed E-state index contributed by atoms with van der Waals surface area (Å²) >= 11 is 0. The lowest BCUT2D eigenvalue weighted by atomic mass is 10.2. The normalized spacial score (nSPS) is 18.3. The van der Waals surface area contributed by atoms with Crippen LogP contribution in [-0.4, -0.2) is 55.5 Å². The number of aryl methyl sites for hydroxylation is 1. The minimum absolute atomic E-state index is 0.289. The van der Waals surface area contributed by atoms with Crippen molar-refractivity contribution in [2.24, 2.45) is 0 Å². The van der Waals surface area contributed by atoms with E-state index in [-0.39, 0.29) is 6.04 Å². The number of hydrogen-bond donors (Lipinski definition) is 1. The maximum absolute atomic E-state index is 5.78. The van der Waals surface area contributed by atoms with E-state index in [0.29, 0.717) is 5.95 Å². The van der Waals surface area contributed by atoms with E-state index in [9.17, 15) is 0 Å². The largest absolute Gasteiger partial charge is 0.368 e. The van der Waals surface area contributed by atoms with Gasteiger partial charge in [-0.2, -0.15) is 9.50 Å². The molecule has 1 saturated heterocycles. The van der Waals surface area contributed by atoms with Crippen molar-refractivity contribution in [3.63, 3.8) is 0 Å². The van der Waals surface area contributed by atoms with Gasteiger partial charge in [0, 0.05) is 37.4 Å². The van der Waals surface area contributed by atoms with Crippen LogP contribution in [0.25, 0.3) is 5.65 Å². The van der Waals surface area contributed by atoms with Gasteiger partial charge in [0.25, 0.3) is 0 Å². The molecule has 24 heavy (non-hydrogen) atoms. The van der Waals surface area contributed by atoms with Gasteiger partial charge in [0.1, 0.15) is 18.0 Å². The first-order valence-corrected chi connectivity index (χ1v) is 7.90. The third-order valence-electron chi connectivity index (χ3n) is 4.25. The van der Waals surface area contributed by atoms with Gasteiger partial charge in [-0.15, -0.1) is 15.3 Å². The van der Waals surface area contributed by atoms with Crippen molar-refractivity contribution in [2.45, 2.75) is 19.9 Å². The monoisotopic (exact) mass is 325 g/mol. The summed E-state index contributed by atoms with van der Waals surface area (Å²) in [4.78, 5) is 13.0. The standard InChI is InChI=1S/C15H19N9/c1-10-7-14(19-15(16)18-10)22-5-6-23(11(2)8-22)13-4-3-12-20-17-9-24(12)21-13/h3-4,7,9,11H,5-6,8H2,1-2H3,(H2,16,18,19)/t11-/m1/s1. The minimum Gasteiger partial charge on any atom is -0.368 e. The van der Waals surface area contributed by atoms with Crippen LogP contribution in [0.1, 0.15) is 12.6 Å². The van der Waals surface area contributed by atoms with Crippen molar-refractivity contribution in [3.05, 3.63) is 30.2 Å². The van der Waals surface area contributed by atoms with Crippen molar-refractivity contribution < 1.29 is 0 Å². The van der Waals surface area contributed by atoms with Crippen molar-refractivity contribution >= 4 is 23.2 Å². The summed E-state index contributed by atoms with van der Waals surface area (Å²) in [5, 5.41) is 12.5. The predicted molar refractivity (Wildman–Crippen MR) is 91.0 cm³/mol. The molecule has 0 radical (unpaired) electrons. The summed E-state index contributed by atoms with van der Waals surface area (Å²) in [6.07, 6.45) is 1.62. The first-order valence-electron chi connectivity index (χ1n) is 7.90. The molecule has 1 aliphatic heterocycles. The molecule has 9 nitrogen and oxygen atoms in total. The number of nitrogen functional groups attached to an aromatic ring is 1. The Bertz CT molecular complexity index is 854. The van der Waals surface area contributed by atoms with Crippen LogP contribution >= 0.6 is 0 Å². The fourth-order valence-electron chi connectivity index (χ4n) is 3.11. The Hall–Kier alpha value is -2.97. The van der Waals surface area contributed by atoms with Crippen LogP contribution in [0.5, 0.6) is 0 Å². The molecular weight excluding hydrogens is 306 g/mol. The van der Waals surface area contributed by atoms with Gasteiger partial charge in [-0.3, -0.25) is 0 Å². The molecule has 3 aromatic rings. The lowest BCUT2D eigenvalue weighted by Gasteiger charge is -2.41. The van der Waals surface area contributed by atoms with E-state index in [1.54, 1.807) is 10.8 Å². The molecule has 0 saturated carbocycles. The molecule has 4 heterocycles. The molecular formula is C15H19N9. The number of piperazine rings is 1. The molecule has 1 fully saturated rings. The van der Waals surface area contributed by atoms with Crippen LogP contribution in [0, 0.1) is 6.92 Å². The molecule has 1 atom stereocenters. The zero-order valence-electron chi connectivity index (χ0n) is 13.7. The molecule has 3 aromatic heterocycles. The van der Waals surface area contributed by atoms with Gasteiger partial charge in [-0.25, -0.2) is 4.98 Å². The maximum atomic E-state index is 5.78. The molecule has 0 bridgehead atoms. The summed E-state index contributed by atoms with van der Waals surface area (Å²) in [5.41, 5.74) is 7.41. The minimum atomic E-state index is 0.289. The van der Waals surface area contributed by atoms with Crippen molar-refractivity contribution in [1.29, 1.82) is 0 Å². The van der Waals surface area contributed by atoms with E-state index < -0.39 is 0 Å². The fourth-order valence-corrected chi connectivity index (χ4v) is 3.11. The molecule has 0 spiro atoms. The number of anilines is 3. The Kier molecular flexibility index (Phi) is 3.40. The molecule has 0 aromatic carbocycles. The van der Waals surface area contributed by atoms with E-state index in [0.717, 1.165) is 42.6 Å². The van der Waals surface area contributed by atoms with E-state index in [4.69, 9.17) is 5.73 Å². The SMILES string of the molecule is Cc1cc(N2CCN(c3ccc4nncn4n3)[C@H](C)C2)nc(N)n1. The average molecular weight is 325 g/mol. The third-order valence-corrected chi connectivity index (χ3v) is 4.25. The summed E-state index contributed by atoms with van der Waals surface area (Å²) in [7, 11) is 0. The summed E-state index contributed by atoms with van der Waals surface area (Å²) in [5.74, 6) is 2.13. The number of aromatic nitrogens is 6. The van der Waals surface area contributed by atoms with Gasteiger partial charge in [0.2, 0.25) is 5.95 Å². The Labute approximate surface area is 139 Å². The number of rotatable bonds is 2. The molecule has 1 aliphatic rings. The van der Waals surface area contributed by atoms with Gasteiger partial charge >= 0.3 is 0 Å². The summed E-state index contributed by atoms with van der Waals surface area (Å²) in [6, 6.07) is 6.18. The Morgan fingerprint density at radius 3 is 2.83 bits per heavy atom. The highest BCUT2D eigenvalue weighted by molar-refractivity contribution is 5.50. The number of nitrogens with zero attached hydrogens (tertiary/aromatic N) is 8. The van der Waals surface area contributed by atoms with Crippen LogP contribution in [0.15, 0.2) is 24.5 Å². The summed E-state index contributed by atoms with van der Waals surface area (Å²) < 4.78 is 1.70.